The Morgan fingerprint density at radius 3 is 3.30 bits per heavy atom. The number of Topliss-reactive ketones (excluding diaryl/α,β-unsaturated/α-hetero) is 1. The molecule has 1 fully saturated rings. The summed E-state index contributed by atoms with van der Waals surface area (Å²) in [6.07, 6.45) is 10.1. The number of hydrogen-bond donors (Lipinski definition) is 2. The van der Waals surface area contributed by atoms with Crippen LogP contribution >= 0.6 is 0 Å². The van der Waals surface area contributed by atoms with Gasteiger partial charge in [0.15, 0.2) is 11.9 Å². The first kappa shape index (κ1) is 13.5. The third kappa shape index (κ3) is 2.55. The van der Waals surface area contributed by atoms with Crippen LogP contribution in [0.25, 0.3) is 0 Å². The topological polar surface area (TPSA) is 56.7 Å². The molecular formula is C15H22N4O. The zero-order valence-corrected chi connectivity index (χ0v) is 11.9. The van der Waals surface area contributed by atoms with Gasteiger partial charge in [-0.25, -0.2) is 5.43 Å². The van der Waals surface area contributed by atoms with Crippen LogP contribution in [-0.4, -0.2) is 42.3 Å². The van der Waals surface area contributed by atoms with Crippen molar-refractivity contribution in [1.82, 2.24) is 15.8 Å². The molecule has 3 rings (SSSR count). The van der Waals surface area contributed by atoms with Crippen LogP contribution in [0.4, 0.5) is 0 Å². The van der Waals surface area contributed by atoms with Crippen molar-refractivity contribution in [2.24, 2.45) is 4.99 Å². The first-order chi connectivity index (χ1) is 9.79. The smallest absolute Gasteiger partial charge is 0.157 e. The molecule has 3 aliphatic heterocycles. The summed E-state index contributed by atoms with van der Waals surface area (Å²) >= 11 is 0. The van der Waals surface area contributed by atoms with Gasteiger partial charge in [-0.2, -0.15) is 0 Å². The molecule has 0 aromatic heterocycles. The van der Waals surface area contributed by atoms with Crippen LogP contribution in [0, 0.1) is 0 Å². The molecule has 2 unspecified atom stereocenters. The van der Waals surface area contributed by atoms with E-state index in [0.29, 0.717) is 13.0 Å². The summed E-state index contributed by atoms with van der Waals surface area (Å²) in [6, 6.07) is 0.194. The Bertz CT molecular complexity index is 480. The first-order valence-corrected chi connectivity index (χ1v) is 7.48. The minimum Gasteiger partial charge on any atom is -0.300 e. The average molecular weight is 274 g/mol. The molecule has 0 aromatic carbocycles. The number of unbranched alkanes of at least 4 members (excludes halogenated alkanes) is 1. The molecule has 0 bridgehead atoms. The predicted molar refractivity (Wildman–Crippen MR) is 79.2 cm³/mol. The van der Waals surface area contributed by atoms with Gasteiger partial charge in [0, 0.05) is 31.8 Å². The van der Waals surface area contributed by atoms with Crippen molar-refractivity contribution >= 4 is 12.0 Å². The van der Waals surface area contributed by atoms with Crippen LogP contribution in [0.1, 0.15) is 32.6 Å². The number of fused-ring (bicyclic) bond motifs is 3. The normalized spacial score (nSPS) is 28.6. The lowest BCUT2D eigenvalue weighted by Crippen LogP contribution is -2.54. The molecule has 0 radical (unpaired) electrons. The fraction of sp³-hybridized carbons (Fsp3) is 0.600. The predicted octanol–water partition coefficient (Wildman–Crippen LogP) is 1.15. The lowest BCUT2D eigenvalue weighted by molar-refractivity contribution is -0.118. The standard InChI is InChI=1S/C15H22N4O/c1-2-3-7-18-19-10-11-8-12(20)9-17-14(11)13-5-4-6-16-15(13)19/h5-6,10,14-15,17-18H,2-4,7-9H2,1H3. The number of ketones is 1. The van der Waals surface area contributed by atoms with E-state index in [1.807, 2.05) is 6.21 Å². The van der Waals surface area contributed by atoms with E-state index in [2.05, 4.69) is 39.9 Å². The summed E-state index contributed by atoms with van der Waals surface area (Å²) in [5.41, 5.74) is 5.87. The zero-order valence-electron chi connectivity index (χ0n) is 11.9. The van der Waals surface area contributed by atoms with Crippen LogP contribution < -0.4 is 10.7 Å². The molecule has 0 spiro atoms. The van der Waals surface area contributed by atoms with Crippen molar-refractivity contribution in [3.8, 4) is 0 Å². The highest BCUT2D eigenvalue weighted by Crippen LogP contribution is 2.31. The summed E-state index contributed by atoms with van der Waals surface area (Å²) in [6.45, 7) is 3.59. The van der Waals surface area contributed by atoms with Crippen LogP contribution in [0.2, 0.25) is 0 Å². The fourth-order valence-corrected chi connectivity index (χ4v) is 3.00. The Hall–Kier alpha value is -1.46. The molecule has 20 heavy (non-hydrogen) atoms. The summed E-state index contributed by atoms with van der Waals surface area (Å²) < 4.78 is 0. The Morgan fingerprint density at radius 1 is 1.55 bits per heavy atom. The number of hydrazine groups is 1. The van der Waals surface area contributed by atoms with Crippen LogP contribution in [0.15, 0.2) is 28.4 Å². The van der Waals surface area contributed by atoms with Crippen molar-refractivity contribution < 1.29 is 4.79 Å². The molecule has 2 atom stereocenters. The number of carbonyl (C=O) groups excluding carboxylic acids is 1. The molecule has 5 heteroatoms. The monoisotopic (exact) mass is 274 g/mol. The second-order valence-electron chi connectivity index (χ2n) is 5.55. The maximum absolute atomic E-state index is 11.7. The fourth-order valence-electron chi connectivity index (χ4n) is 3.00. The minimum absolute atomic E-state index is 0.0371. The van der Waals surface area contributed by atoms with Crippen molar-refractivity contribution in [2.75, 3.05) is 13.1 Å². The third-order valence-electron chi connectivity index (χ3n) is 4.01. The molecule has 0 aliphatic carbocycles. The van der Waals surface area contributed by atoms with Gasteiger partial charge in [0.05, 0.1) is 12.6 Å². The highest BCUT2D eigenvalue weighted by atomic mass is 16.1. The molecule has 0 amide bonds. The SMILES string of the molecule is CCCCNN1C=C2CC(=O)CNC2C2=CCC=NC21. The molecule has 1 saturated heterocycles. The number of rotatable bonds is 4. The van der Waals surface area contributed by atoms with Crippen LogP contribution in [-0.2, 0) is 4.79 Å². The number of nitrogens with one attached hydrogen (secondary N) is 2. The summed E-state index contributed by atoms with van der Waals surface area (Å²) in [4.78, 5) is 16.3. The maximum Gasteiger partial charge on any atom is 0.157 e. The molecular weight excluding hydrogens is 252 g/mol. The lowest BCUT2D eigenvalue weighted by atomic mass is 9.86. The Kier molecular flexibility index (Phi) is 3.98. The van der Waals surface area contributed by atoms with Crippen molar-refractivity contribution in [1.29, 1.82) is 0 Å². The van der Waals surface area contributed by atoms with E-state index in [1.165, 1.54) is 5.57 Å². The summed E-state index contributed by atoms with van der Waals surface area (Å²) in [7, 11) is 0. The maximum atomic E-state index is 11.7. The number of hydrogen-bond acceptors (Lipinski definition) is 5. The van der Waals surface area contributed by atoms with E-state index >= 15 is 0 Å². The van der Waals surface area contributed by atoms with Crippen LogP contribution in [0.5, 0.6) is 0 Å². The van der Waals surface area contributed by atoms with Gasteiger partial charge in [-0.3, -0.25) is 20.1 Å². The van der Waals surface area contributed by atoms with E-state index < -0.39 is 0 Å². The quantitative estimate of drug-likeness (QED) is 0.596. The van der Waals surface area contributed by atoms with Gasteiger partial charge in [0.1, 0.15) is 0 Å². The summed E-state index contributed by atoms with van der Waals surface area (Å²) in [5.74, 6) is 0.263. The average Bonchev–Trinajstić information content (AvgIpc) is 2.47. The molecule has 3 heterocycles. The van der Waals surface area contributed by atoms with Gasteiger partial charge in [-0.15, -0.1) is 0 Å². The number of aliphatic imine (C=N–C) groups is 1. The number of allylic oxidation sites excluding steroid dienone is 1. The second-order valence-corrected chi connectivity index (χ2v) is 5.55. The van der Waals surface area contributed by atoms with E-state index in [1.54, 1.807) is 0 Å². The second kappa shape index (κ2) is 5.89. The Morgan fingerprint density at radius 2 is 2.45 bits per heavy atom. The number of nitrogens with zero attached hydrogens (tertiary/aromatic N) is 2. The molecule has 0 saturated carbocycles. The van der Waals surface area contributed by atoms with E-state index in [9.17, 15) is 4.79 Å². The molecule has 0 aromatic rings. The number of piperidine rings is 1. The summed E-state index contributed by atoms with van der Waals surface area (Å²) in [5, 5.41) is 5.42. The van der Waals surface area contributed by atoms with Crippen molar-refractivity contribution in [3.63, 3.8) is 0 Å². The van der Waals surface area contributed by atoms with Gasteiger partial charge in [-0.05, 0) is 17.6 Å². The molecule has 108 valence electrons. The van der Waals surface area contributed by atoms with Crippen molar-refractivity contribution in [3.05, 3.63) is 23.4 Å². The Balaban J connectivity index is 1.83. The Labute approximate surface area is 119 Å². The van der Waals surface area contributed by atoms with E-state index in [4.69, 9.17) is 0 Å². The zero-order chi connectivity index (χ0) is 13.9. The van der Waals surface area contributed by atoms with E-state index in [-0.39, 0.29) is 18.0 Å². The van der Waals surface area contributed by atoms with Gasteiger partial charge in [0.2, 0.25) is 0 Å². The molecule has 3 aliphatic rings. The number of carbonyl (C=O) groups is 1. The highest BCUT2D eigenvalue weighted by molar-refractivity contribution is 5.85. The van der Waals surface area contributed by atoms with Gasteiger partial charge in [0.25, 0.3) is 0 Å². The largest absolute Gasteiger partial charge is 0.300 e. The minimum atomic E-state index is 0.0371. The van der Waals surface area contributed by atoms with Gasteiger partial charge in [-0.1, -0.05) is 19.4 Å². The first-order valence-electron chi connectivity index (χ1n) is 7.48. The van der Waals surface area contributed by atoms with Gasteiger partial charge >= 0.3 is 0 Å². The van der Waals surface area contributed by atoms with E-state index in [0.717, 1.165) is 31.4 Å². The third-order valence-corrected chi connectivity index (χ3v) is 4.01. The molecule has 5 nitrogen and oxygen atoms in total. The number of dihydropyridines is 1. The molecule has 2 N–H and O–H groups in total. The van der Waals surface area contributed by atoms with Crippen LogP contribution in [0.3, 0.4) is 0 Å². The highest BCUT2D eigenvalue weighted by Gasteiger charge is 2.37. The van der Waals surface area contributed by atoms with Crippen molar-refractivity contribution in [2.45, 2.75) is 44.8 Å². The lowest BCUT2D eigenvalue weighted by Gasteiger charge is -2.42. The van der Waals surface area contributed by atoms with Gasteiger partial charge < -0.3 is 0 Å².